The van der Waals surface area contributed by atoms with Gasteiger partial charge in [0.1, 0.15) is 5.75 Å². The second-order valence-corrected chi connectivity index (χ2v) is 8.46. The number of piperazine rings is 1. The number of likely N-dealkylation sites (N-methyl/N-ethyl adjacent to an activating group) is 1. The van der Waals surface area contributed by atoms with Crippen molar-refractivity contribution in [3.8, 4) is 5.75 Å². The molecule has 0 aliphatic carbocycles. The molecule has 0 saturated carbocycles. The highest BCUT2D eigenvalue weighted by Crippen LogP contribution is 2.22. The van der Waals surface area contributed by atoms with Gasteiger partial charge in [-0.25, -0.2) is 0 Å². The van der Waals surface area contributed by atoms with Crippen molar-refractivity contribution in [2.75, 3.05) is 53.4 Å². The summed E-state index contributed by atoms with van der Waals surface area (Å²) in [7, 11) is 4.03. The molecule has 6 heteroatoms. The van der Waals surface area contributed by atoms with E-state index in [0.717, 1.165) is 36.8 Å². The van der Waals surface area contributed by atoms with E-state index in [1.54, 1.807) is 0 Å². The van der Waals surface area contributed by atoms with Crippen molar-refractivity contribution in [1.29, 1.82) is 0 Å². The van der Waals surface area contributed by atoms with Crippen LogP contribution in [0.3, 0.4) is 0 Å². The fraction of sp³-hybridized carbons (Fsp3) is 0.696. The zero-order valence-corrected chi connectivity index (χ0v) is 19.3. The third-order valence-electron chi connectivity index (χ3n) is 5.58. The third kappa shape index (κ3) is 8.23. The summed E-state index contributed by atoms with van der Waals surface area (Å²) in [5, 5.41) is 6.92. The van der Waals surface area contributed by atoms with Crippen LogP contribution in [0.4, 0.5) is 0 Å². The van der Waals surface area contributed by atoms with Gasteiger partial charge in [-0.15, -0.1) is 0 Å². The van der Waals surface area contributed by atoms with E-state index in [-0.39, 0.29) is 6.10 Å². The van der Waals surface area contributed by atoms with E-state index in [2.05, 4.69) is 78.4 Å². The van der Waals surface area contributed by atoms with E-state index >= 15 is 0 Å². The summed E-state index contributed by atoms with van der Waals surface area (Å²) in [6, 6.07) is 6.40. The van der Waals surface area contributed by atoms with E-state index < -0.39 is 0 Å². The second-order valence-electron chi connectivity index (χ2n) is 8.46. The summed E-state index contributed by atoms with van der Waals surface area (Å²) in [6.07, 6.45) is 1.21. The molecule has 1 heterocycles. The number of nitrogens with one attached hydrogen (secondary N) is 2. The quantitative estimate of drug-likeness (QED) is 0.490. The van der Waals surface area contributed by atoms with Crippen LogP contribution in [-0.2, 0) is 6.54 Å². The highest BCUT2D eigenvalue weighted by atomic mass is 16.5. The van der Waals surface area contributed by atoms with Crippen molar-refractivity contribution in [3.63, 3.8) is 0 Å². The Labute approximate surface area is 177 Å². The monoisotopic (exact) mass is 403 g/mol. The van der Waals surface area contributed by atoms with Gasteiger partial charge in [-0.1, -0.05) is 26.0 Å². The SMILES string of the molecule is CCC(C)Oc1cc(C)ccc1CNC(=NC)NCC(C)CN1CCN(C)CC1. The number of guanidine groups is 1. The topological polar surface area (TPSA) is 52.1 Å². The molecule has 0 aromatic heterocycles. The average Bonchev–Trinajstić information content (AvgIpc) is 2.71. The first-order valence-corrected chi connectivity index (χ1v) is 11.0. The lowest BCUT2D eigenvalue weighted by atomic mass is 10.1. The predicted octanol–water partition coefficient (Wildman–Crippen LogP) is 2.72. The highest BCUT2D eigenvalue weighted by Gasteiger charge is 2.16. The number of rotatable bonds is 9. The van der Waals surface area contributed by atoms with E-state index in [1.807, 2.05) is 7.05 Å². The molecular formula is C23H41N5O. The fourth-order valence-electron chi connectivity index (χ4n) is 3.42. The minimum Gasteiger partial charge on any atom is -0.490 e. The number of ether oxygens (including phenoxy) is 1. The maximum Gasteiger partial charge on any atom is 0.191 e. The number of aliphatic imine (C=N–C) groups is 1. The van der Waals surface area contributed by atoms with E-state index in [1.165, 1.54) is 31.7 Å². The van der Waals surface area contributed by atoms with E-state index in [0.29, 0.717) is 12.5 Å². The molecular weight excluding hydrogens is 362 g/mol. The number of aryl methyl sites for hydroxylation is 1. The number of benzene rings is 1. The molecule has 1 aliphatic heterocycles. The molecule has 0 bridgehead atoms. The van der Waals surface area contributed by atoms with Gasteiger partial charge in [-0.05, 0) is 44.9 Å². The second kappa shape index (κ2) is 12.0. The average molecular weight is 404 g/mol. The van der Waals surface area contributed by atoms with E-state index in [9.17, 15) is 0 Å². The van der Waals surface area contributed by atoms with Crippen molar-refractivity contribution < 1.29 is 4.74 Å². The summed E-state index contributed by atoms with van der Waals surface area (Å²) in [5.74, 6) is 2.37. The lowest BCUT2D eigenvalue weighted by Gasteiger charge is -2.34. The Balaban J connectivity index is 1.81. The number of hydrogen-bond donors (Lipinski definition) is 2. The van der Waals surface area contributed by atoms with Crippen LogP contribution < -0.4 is 15.4 Å². The molecule has 1 aromatic rings. The number of hydrogen-bond acceptors (Lipinski definition) is 4. The van der Waals surface area contributed by atoms with Crippen LogP contribution in [0.1, 0.15) is 38.3 Å². The van der Waals surface area contributed by atoms with Gasteiger partial charge in [0.15, 0.2) is 5.96 Å². The Morgan fingerprint density at radius 2 is 1.90 bits per heavy atom. The molecule has 2 N–H and O–H groups in total. The third-order valence-corrected chi connectivity index (χ3v) is 5.58. The van der Waals surface area contributed by atoms with Crippen LogP contribution in [0.15, 0.2) is 23.2 Å². The largest absolute Gasteiger partial charge is 0.490 e. The Morgan fingerprint density at radius 3 is 2.55 bits per heavy atom. The zero-order chi connectivity index (χ0) is 21.2. The molecule has 29 heavy (non-hydrogen) atoms. The summed E-state index contributed by atoms with van der Waals surface area (Å²) in [4.78, 5) is 9.35. The molecule has 0 amide bonds. The highest BCUT2D eigenvalue weighted by molar-refractivity contribution is 5.79. The molecule has 164 valence electrons. The minimum absolute atomic E-state index is 0.211. The standard InChI is InChI=1S/C23H41N5O/c1-7-20(4)29-22-14-18(2)8-9-21(22)16-26-23(24-5)25-15-19(3)17-28-12-10-27(6)11-13-28/h8-9,14,19-20H,7,10-13,15-17H2,1-6H3,(H2,24,25,26). The maximum absolute atomic E-state index is 6.12. The van der Waals surface area contributed by atoms with E-state index in [4.69, 9.17) is 4.74 Å². The minimum atomic E-state index is 0.211. The molecule has 1 fully saturated rings. The van der Waals surface area contributed by atoms with Gasteiger partial charge in [0, 0.05) is 58.4 Å². The Hall–Kier alpha value is -1.79. The molecule has 1 saturated heterocycles. The summed E-state index contributed by atoms with van der Waals surface area (Å²) in [6.45, 7) is 16.1. The molecule has 1 aliphatic rings. The lowest BCUT2D eigenvalue weighted by Crippen LogP contribution is -2.47. The normalized spacial score (nSPS) is 18.3. The van der Waals surface area contributed by atoms with Gasteiger partial charge in [0.2, 0.25) is 0 Å². The predicted molar refractivity (Wildman–Crippen MR) is 123 cm³/mol. The smallest absolute Gasteiger partial charge is 0.191 e. The van der Waals surface area contributed by atoms with Crippen molar-refractivity contribution in [1.82, 2.24) is 20.4 Å². The molecule has 0 spiro atoms. The molecule has 6 nitrogen and oxygen atoms in total. The van der Waals surface area contributed by atoms with Crippen molar-refractivity contribution in [3.05, 3.63) is 29.3 Å². The van der Waals surface area contributed by atoms with Crippen LogP contribution >= 0.6 is 0 Å². The Bertz CT molecular complexity index is 640. The van der Waals surface area contributed by atoms with Gasteiger partial charge in [0.25, 0.3) is 0 Å². The lowest BCUT2D eigenvalue weighted by molar-refractivity contribution is 0.139. The molecule has 2 unspecified atom stereocenters. The first-order valence-electron chi connectivity index (χ1n) is 11.0. The van der Waals surface area contributed by atoms with Gasteiger partial charge in [-0.3, -0.25) is 4.99 Å². The molecule has 2 atom stereocenters. The first-order chi connectivity index (χ1) is 13.9. The fourth-order valence-corrected chi connectivity index (χ4v) is 3.42. The van der Waals surface area contributed by atoms with Crippen LogP contribution in [-0.4, -0.2) is 75.2 Å². The summed E-state index contributed by atoms with van der Waals surface area (Å²) in [5.41, 5.74) is 2.37. The Kier molecular flexibility index (Phi) is 9.74. The van der Waals surface area contributed by atoms with Crippen LogP contribution in [0, 0.1) is 12.8 Å². The first kappa shape index (κ1) is 23.5. The van der Waals surface area contributed by atoms with Crippen molar-refractivity contribution in [2.24, 2.45) is 10.9 Å². The summed E-state index contributed by atoms with van der Waals surface area (Å²) >= 11 is 0. The molecule has 2 rings (SSSR count). The van der Waals surface area contributed by atoms with Gasteiger partial charge in [0.05, 0.1) is 6.10 Å². The van der Waals surface area contributed by atoms with Gasteiger partial charge < -0.3 is 25.2 Å². The van der Waals surface area contributed by atoms with Gasteiger partial charge in [-0.2, -0.15) is 0 Å². The van der Waals surface area contributed by atoms with Crippen LogP contribution in [0.5, 0.6) is 5.75 Å². The van der Waals surface area contributed by atoms with Gasteiger partial charge >= 0.3 is 0 Å². The molecule has 0 radical (unpaired) electrons. The van der Waals surface area contributed by atoms with Crippen LogP contribution in [0.2, 0.25) is 0 Å². The van der Waals surface area contributed by atoms with Crippen molar-refractivity contribution in [2.45, 2.75) is 46.8 Å². The van der Waals surface area contributed by atoms with Crippen LogP contribution in [0.25, 0.3) is 0 Å². The molecule has 1 aromatic carbocycles. The Morgan fingerprint density at radius 1 is 1.17 bits per heavy atom. The zero-order valence-electron chi connectivity index (χ0n) is 19.3. The maximum atomic E-state index is 6.12. The summed E-state index contributed by atoms with van der Waals surface area (Å²) < 4.78 is 6.12. The van der Waals surface area contributed by atoms with Crippen molar-refractivity contribution >= 4 is 5.96 Å². The number of nitrogens with zero attached hydrogens (tertiary/aromatic N) is 3.